The van der Waals surface area contributed by atoms with E-state index in [0.717, 1.165) is 19.3 Å². The lowest BCUT2D eigenvalue weighted by atomic mass is 9.99. The molecule has 0 radical (unpaired) electrons. The summed E-state index contributed by atoms with van der Waals surface area (Å²) in [4.78, 5) is 25.2. The van der Waals surface area contributed by atoms with E-state index in [1.54, 1.807) is 4.90 Å². The average Bonchev–Trinajstić information content (AvgIpc) is 2.72. The first-order valence-electron chi connectivity index (χ1n) is 6.88. The lowest BCUT2D eigenvalue weighted by Crippen LogP contribution is -2.42. The first-order valence-corrected chi connectivity index (χ1v) is 6.88. The second-order valence-corrected chi connectivity index (χ2v) is 4.92. The Morgan fingerprint density at radius 2 is 2.06 bits per heavy atom. The maximum atomic E-state index is 12.1. The maximum absolute atomic E-state index is 12.1. The van der Waals surface area contributed by atoms with Crippen LogP contribution < -0.4 is 11.1 Å². The number of rotatable bonds is 6. The number of hydrogen-bond acceptors (Lipinski definition) is 3. The maximum Gasteiger partial charge on any atom is 0.239 e. The summed E-state index contributed by atoms with van der Waals surface area (Å²) in [5.41, 5.74) is 5.97. The second kappa shape index (κ2) is 7.36. The molecule has 0 aliphatic heterocycles. The van der Waals surface area contributed by atoms with Crippen LogP contribution >= 0.6 is 0 Å². The fourth-order valence-electron chi connectivity index (χ4n) is 2.48. The van der Waals surface area contributed by atoms with Crippen LogP contribution in [0.25, 0.3) is 0 Å². The third-order valence-corrected chi connectivity index (χ3v) is 3.60. The number of nitrogens with two attached hydrogens (primary N) is 1. The molecule has 0 aromatic rings. The van der Waals surface area contributed by atoms with Gasteiger partial charge in [-0.15, -0.1) is 0 Å². The molecule has 104 valence electrons. The quantitative estimate of drug-likeness (QED) is 0.725. The van der Waals surface area contributed by atoms with Crippen molar-refractivity contribution < 1.29 is 9.59 Å². The Morgan fingerprint density at radius 3 is 2.56 bits per heavy atom. The Bertz CT molecular complexity index is 294. The van der Waals surface area contributed by atoms with Crippen LogP contribution in [0.5, 0.6) is 0 Å². The van der Waals surface area contributed by atoms with Crippen molar-refractivity contribution in [2.75, 3.05) is 19.6 Å². The summed E-state index contributed by atoms with van der Waals surface area (Å²) in [5, 5.41) is 2.71. The summed E-state index contributed by atoms with van der Waals surface area (Å²) in [6.45, 7) is 5.08. The van der Waals surface area contributed by atoms with Gasteiger partial charge in [0.25, 0.3) is 0 Å². The standard InChI is InChI=1S/C13H25N3O2/c1-3-15-12(17)9-16(4-2)13(18)8-10-6-5-7-11(10)14/h10-11H,3-9,14H2,1-2H3,(H,15,17)/t10-,11+/m0/s1. The first-order chi connectivity index (χ1) is 8.58. The number of nitrogens with one attached hydrogen (secondary N) is 1. The molecule has 0 spiro atoms. The van der Waals surface area contributed by atoms with E-state index >= 15 is 0 Å². The number of carbonyl (C=O) groups is 2. The Hall–Kier alpha value is -1.10. The molecule has 2 amide bonds. The third-order valence-electron chi connectivity index (χ3n) is 3.60. The number of carbonyl (C=O) groups excluding carboxylic acids is 2. The van der Waals surface area contributed by atoms with Crippen LogP contribution in [0.4, 0.5) is 0 Å². The van der Waals surface area contributed by atoms with E-state index in [2.05, 4.69) is 5.32 Å². The molecule has 1 fully saturated rings. The smallest absolute Gasteiger partial charge is 0.239 e. The lowest BCUT2D eigenvalue weighted by molar-refractivity contribution is -0.136. The molecule has 0 aromatic heterocycles. The van der Waals surface area contributed by atoms with E-state index in [4.69, 9.17) is 5.73 Å². The molecule has 18 heavy (non-hydrogen) atoms. The minimum atomic E-state index is -0.0941. The molecule has 2 atom stereocenters. The minimum Gasteiger partial charge on any atom is -0.355 e. The predicted molar refractivity (Wildman–Crippen MR) is 70.9 cm³/mol. The van der Waals surface area contributed by atoms with Crippen LogP contribution in [0.2, 0.25) is 0 Å². The van der Waals surface area contributed by atoms with E-state index in [1.807, 2.05) is 13.8 Å². The molecule has 0 saturated heterocycles. The van der Waals surface area contributed by atoms with Crippen molar-refractivity contribution in [3.05, 3.63) is 0 Å². The predicted octanol–water partition coefficient (Wildman–Crippen LogP) is 0.489. The van der Waals surface area contributed by atoms with Gasteiger partial charge in [-0.1, -0.05) is 6.42 Å². The van der Waals surface area contributed by atoms with Gasteiger partial charge < -0.3 is 16.0 Å². The zero-order valence-corrected chi connectivity index (χ0v) is 11.4. The van der Waals surface area contributed by atoms with Crippen LogP contribution in [-0.2, 0) is 9.59 Å². The van der Waals surface area contributed by atoms with Gasteiger partial charge in [0.15, 0.2) is 0 Å². The van der Waals surface area contributed by atoms with Gasteiger partial charge in [0.05, 0.1) is 6.54 Å². The zero-order chi connectivity index (χ0) is 13.5. The van der Waals surface area contributed by atoms with Gasteiger partial charge in [0.2, 0.25) is 11.8 Å². The van der Waals surface area contributed by atoms with Crippen molar-refractivity contribution in [1.29, 1.82) is 0 Å². The largest absolute Gasteiger partial charge is 0.355 e. The molecule has 3 N–H and O–H groups in total. The molecular formula is C13H25N3O2. The van der Waals surface area contributed by atoms with Gasteiger partial charge in [-0.25, -0.2) is 0 Å². The number of amides is 2. The van der Waals surface area contributed by atoms with Crippen molar-refractivity contribution in [2.45, 2.75) is 45.6 Å². The molecule has 0 bridgehead atoms. The summed E-state index contributed by atoms with van der Waals surface area (Å²) in [7, 11) is 0. The summed E-state index contributed by atoms with van der Waals surface area (Å²) < 4.78 is 0. The fraction of sp³-hybridized carbons (Fsp3) is 0.846. The van der Waals surface area contributed by atoms with Crippen molar-refractivity contribution in [3.8, 4) is 0 Å². The number of hydrogen-bond donors (Lipinski definition) is 2. The molecule has 0 aromatic carbocycles. The molecule has 5 heteroatoms. The SMILES string of the molecule is CCNC(=O)CN(CC)C(=O)C[C@@H]1CCC[C@H]1N. The van der Waals surface area contributed by atoms with Crippen molar-refractivity contribution in [3.63, 3.8) is 0 Å². The normalized spacial score (nSPS) is 22.8. The van der Waals surface area contributed by atoms with E-state index in [-0.39, 0.29) is 24.4 Å². The molecule has 1 aliphatic carbocycles. The van der Waals surface area contributed by atoms with E-state index in [0.29, 0.717) is 25.4 Å². The second-order valence-electron chi connectivity index (χ2n) is 4.92. The van der Waals surface area contributed by atoms with Gasteiger partial charge in [0, 0.05) is 25.6 Å². The molecule has 0 unspecified atom stereocenters. The Kier molecular flexibility index (Phi) is 6.12. The van der Waals surface area contributed by atoms with Crippen LogP contribution in [0.15, 0.2) is 0 Å². The summed E-state index contributed by atoms with van der Waals surface area (Å²) >= 11 is 0. The Balaban J connectivity index is 2.43. The highest BCUT2D eigenvalue weighted by molar-refractivity contribution is 5.84. The highest BCUT2D eigenvalue weighted by Crippen LogP contribution is 2.27. The monoisotopic (exact) mass is 255 g/mol. The topological polar surface area (TPSA) is 75.4 Å². The van der Waals surface area contributed by atoms with Crippen molar-refractivity contribution in [2.24, 2.45) is 11.7 Å². The van der Waals surface area contributed by atoms with Crippen LogP contribution in [0.1, 0.15) is 39.5 Å². The van der Waals surface area contributed by atoms with Gasteiger partial charge in [-0.3, -0.25) is 9.59 Å². The van der Waals surface area contributed by atoms with Crippen LogP contribution in [0.3, 0.4) is 0 Å². The van der Waals surface area contributed by atoms with Gasteiger partial charge in [-0.05, 0) is 32.6 Å². The molecule has 1 saturated carbocycles. The molecule has 1 rings (SSSR count). The molecule has 0 heterocycles. The molecular weight excluding hydrogens is 230 g/mol. The number of likely N-dealkylation sites (N-methyl/N-ethyl adjacent to an activating group) is 2. The first kappa shape index (κ1) is 15.0. The molecule has 1 aliphatic rings. The minimum absolute atomic E-state index is 0.0473. The van der Waals surface area contributed by atoms with E-state index in [9.17, 15) is 9.59 Å². The van der Waals surface area contributed by atoms with Crippen molar-refractivity contribution in [1.82, 2.24) is 10.2 Å². The van der Waals surface area contributed by atoms with Crippen LogP contribution in [-0.4, -0.2) is 42.4 Å². The zero-order valence-electron chi connectivity index (χ0n) is 11.4. The van der Waals surface area contributed by atoms with Gasteiger partial charge in [-0.2, -0.15) is 0 Å². The fourth-order valence-corrected chi connectivity index (χ4v) is 2.48. The van der Waals surface area contributed by atoms with Crippen LogP contribution in [0, 0.1) is 5.92 Å². The van der Waals surface area contributed by atoms with Gasteiger partial charge in [0.1, 0.15) is 0 Å². The van der Waals surface area contributed by atoms with Crippen molar-refractivity contribution >= 4 is 11.8 Å². The average molecular weight is 255 g/mol. The Morgan fingerprint density at radius 1 is 1.33 bits per heavy atom. The lowest BCUT2D eigenvalue weighted by Gasteiger charge is -2.23. The summed E-state index contributed by atoms with van der Waals surface area (Å²) in [6, 6.07) is 0.150. The number of nitrogens with zero attached hydrogens (tertiary/aromatic N) is 1. The third kappa shape index (κ3) is 4.29. The Labute approximate surface area is 109 Å². The summed E-state index contributed by atoms with van der Waals surface area (Å²) in [5.74, 6) is 0.246. The van der Waals surface area contributed by atoms with E-state index < -0.39 is 0 Å². The summed E-state index contributed by atoms with van der Waals surface area (Å²) in [6.07, 6.45) is 3.64. The van der Waals surface area contributed by atoms with E-state index in [1.165, 1.54) is 0 Å². The molecule has 5 nitrogen and oxygen atoms in total. The van der Waals surface area contributed by atoms with Gasteiger partial charge >= 0.3 is 0 Å². The highest BCUT2D eigenvalue weighted by Gasteiger charge is 2.28. The highest BCUT2D eigenvalue weighted by atomic mass is 16.2.